The number of amides is 1. The fraction of sp³-hybridized carbons (Fsp3) is 0.682. The van der Waals surface area contributed by atoms with E-state index in [4.69, 9.17) is 5.10 Å². The lowest BCUT2D eigenvalue weighted by atomic mass is 10.0. The van der Waals surface area contributed by atoms with Gasteiger partial charge in [0.15, 0.2) is 5.69 Å². The number of hydrogen-bond donors (Lipinski definition) is 1. The van der Waals surface area contributed by atoms with Gasteiger partial charge in [0.25, 0.3) is 5.91 Å². The predicted octanol–water partition coefficient (Wildman–Crippen LogP) is 2.86. The normalized spacial score (nSPS) is 17.6. The van der Waals surface area contributed by atoms with Crippen LogP contribution in [0.3, 0.4) is 0 Å². The van der Waals surface area contributed by atoms with Gasteiger partial charge in [-0.25, -0.2) is 0 Å². The van der Waals surface area contributed by atoms with E-state index < -0.39 is 0 Å². The lowest BCUT2D eigenvalue weighted by Crippen LogP contribution is -2.37. The van der Waals surface area contributed by atoms with Crippen LogP contribution in [0, 0.1) is 13.8 Å². The Morgan fingerprint density at radius 2 is 1.90 bits per heavy atom. The van der Waals surface area contributed by atoms with Crippen LogP contribution in [0.25, 0.3) is 0 Å². The van der Waals surface area contributed by atoms with Crippen LogP contribution in [0.15, 0.2) is 0 Å². The Balaban J connectivity index is 1.52. The molecular formula is C22H34N6O. The number of H-pyrrole nitrogens is 1. The third-order valence-corrected chi connectivity index (χ3v) is 6.45. The Hall–Kier alpha value is -2.15. The zero-order chi connectivity index (χ0) is 20.4. The second kappa shape index (κ2) is 8.69. The average Bonchev–Trinajstić information content (AvgIpc) is 3.26. The molecule has 0 aliphatic carbocycles. The number of hydrogen-bond acceptors (Lipinski definition) is 4. The average molecular weight is 399 g/mol. The summed E-state index contributed by atoms with van der Waals surface area (Å²) >= 11 is 0. The molecule has 2 aromatic rings. The first-order valence-electron chi connectivity index (χ1n) is 11.2. The summed E-state index contributed by atoms with van der Waals surface area (Å²) in [5.74, 6) is 0.138. The summed E-state index contributed by atoms with van der Waals surface area (Å²) in [6, 6.07) is 0. The van der Waals surface area contributed by atoms with E-state index in [2.05, 4.69) is 40.6 Å². The SMILES string of the molecule is CCCn1nc(C(=O)N2CCCCC2)c2c1CCN(CCc1c(C)n[nH]c1C)C2. The number of nitrogens with zero attached hydrogens (tertiary/aromatic N) is 5. The van der Waals surface area contributed by atoms with Gasteiger partial charge in [0, 0.05) is 62.6 Å². The van der Waals surface area contributed by atoms with Gasteiger partial charge >= 0.3 is 0 Å². The molecule has 1 saturated heterocycles. The van der Waals surface area contributed by atoms with Gasteiger partial charge in [0.2, 0.25) is 0 Å². The molecule has 158 valence electrons. The highest BCUT2D eigenvalue weighted by Gasteiger charge is 2.30. The van der Waals surface area contributed by atoms with Crippen LogP contribution in [-0.4, -0.2) is 61.9 Å². The van der Waals surface area contributed by atoms with Crippen LogP contribution >= 0.6 is 0 Å². The number of aromatic amines is 1. The first-order valence-corrected chi connectivity index (χ1v) is 11.2. The predicted molar refractivity (Wildman–Crippen MR) is 113 cm³/mol. The van der Waals surface area contributed by atoms with E-state index in [1.165, 1.54) is 23.2 Å². The molecular weight excluding hydrogens is 364 g/mol. The molecule has 0 atom stereocenters. The lowest BCUT2D eigenvalue weighted by Gasteiger charge is -2.29. The fourth-order valence-electron chi connectivity index (χ4n) is 4.77. The molecule has 4 rings (SSSR count). The Labute approximate surface area is 173 Å². The van der Waals surface area contributed by atoms with Crippen LogP contribution < -0.4 is 0 Å². The summed E-state index contributed by atoms with van der Waals surface area (Å²) in [5.41, 5.74) is 6.73. The van der Waals surface area contributed by atoms with Gasteiger partial charge < -0.3 is 4.90 Å². The molecule has 2 aromatic heterocycles. The molecule has 4 heterocycles. The topological polar surface area (TPSA) is 70.1 Å². The lowest BCUT2D eigenvalue weighted by molar-refractivity contribution is 0.0715. The van der Waals surface area contributed by atoms with E-state index in [0.717, 1.165) is 82.8 Å². The van der Waals surface area contributed by atoms with Crippen LogP contribution in [-0.2, 0) is 25.9 Å². The number of carbonyl (C=O) groups is 1. The van der Waals surface area contributed by atoms with E-state index in [-0.39, 0.29) is 5.91 Å². The summed E-state index contributed by atoms with van der Waals surface area (Å²) in [6.07, 6.45) is 6.44. The van der Waals surface area contributed by atoms with Crippen molar-refractivity contribution in [2.75, 3.05) is 26.2 Å². The second-order valence-corrected chi connectivity index (χ2v) is 8.54. The fourth-order valence-corrected chi connectivity index (χ4v) is 4.77. The van der Waals surface area contributed by atoms with Crippen molar-refractivity contribution in [1.82, 2.24) is 29.8 Å². The number of rotatable bonds is 6. The number of aromatic nitrogens is 4. The molecule has 0 unspecified atom stereocenters. The van der Waals surface area contributed by atoms with Crippen molar-refractivity contribution in [3.05, 3.63) is 33.9 Å². The van der Waals surface area contributed by atoms with Crippen LogP contribution in [0.2, 0.25) is 0 Å². The van der Waals surface area contributed by atoms with Crippen molar-refractivity contribution in [1.29, 1.82) is 0 Å². The van der Waals surface area contributed by atoms with E-state index in [0.29, 0.717) is 5.69 Å². The van der Waals surface area contributed by atoms with Gasteiger partial charge in [-0.15, -0.1) is 0 Å². The Morgan fingerprint density at radius 3 is 2.59 bits per heavy atom. The van der Waals surface area contributed by atoms with E-state index in [1.54, 1.807) is 0 Å². The molecule has 1 N–H and O–H groups in total. The summed E-state index contributed by atoms with van der Waals surface area (Å²) in [4.78, 5) is 17.7. The third kappa shape index (κ3) is 4.10. The first kappa shape index (κ1) is 20.1. The zero-order valence-electron chi connectivity index (χ0n) is 18.1. The molecule has 29 heavy (non-hydrogen) atoms. The largest absolute Gasteiger partial charge is 0.337 e. The molecule has 0 bridgehead atoms. The molecule has 0 radical (unpaired) electrons. The van der Waals surface area contributed by atoms with Gasteiger partial charge in [-0.3, -0.25) is 19.5 Å². The maximum atomic E-state index is 13.2. The molecule has 0 aromatic carbocycles. The van der Waals surface area contributed by atoms with Crippen molar-refractivity contribution in [2.45, 2.75) is 72.4 Å². The van der Waals surface area contributed by atoms with E-state index >= 15 is 0 Å². The summed E-state index contributed by atoms with van der Waals surface area (Å²) in [6.45, 7) is 11.8. The van der Waals surface area contributed by atoms with Crippen molar-refractivity contribution < 1.29 is 4.79 Å². The maximum absolute atomic E-state index is 13.2. The Kier molecular flexibility index (Phi) is 6.04. The van der Waals surface area contributed by atoms with Gasteiger partial charge in [-0.05, 0) is 51.5 Å². The number of aryl methyl sites for hydroxylation is 3. The van der Waals surface area contributed by atoms with E-state index in [9.17, 15) is 4.79 Å². The van der Waals surface area contributed by atoms with Crippen LogP contribution in [0.4, 0.5) is 0 Å². The summed E-state index contributed by atoms with van der Waals surface area (Å²) in [7, 11) is 0. The summed E-state index contributed by atoms with van der Waals surface area (Å²) < 4.78 is 2.11. The van der Waals surface area contributed by atoms with Crippen molar-refractivity contribution in [3.8, 4) is 0 Å². The molecule has 0 saturated carbocycles. The van der Waals surface area contributed by atoms with Crippen molar-refractivity contribution >= 4 is 5.91 Å². The zero-order valence-corrected chi connectivity index (χ0v) is 18.1. The quantitative estimate of drug-likeness (QED) is 0.812. The smallest absolute Gasteiger partial charge is 0.274 e. The van der Waals surface area contributed by atoms with E-state index in [1.807, 2.05) is 4.90 Å². The molecule has 1 fully saturated rings. The van der Waals surface area contributed by atoms with Gasteiger partial charge in [0.1, 0.15) is 0 Å². The molecule has 7 heteroatoms. The number of piperidine rings is 1. The van der Waals surface area contributed by atoms with Gasteiger partial charge in [-0.1, -0.05) is 6.92 Å². The second-order valence-electron chi connectivity index (χ2n) is 8.54. The molecule has 0 spiro atoms. The number of likely N-dealkylation sites (tertiary alicyclic amines) is 1. The number of nitrogens with one attached hydrogen (secondary N) is 1. The summed E-state index contributed by atoms with van der Waals surface area (Å²) in [5, 5.41) is 12.2. The minimum Gasteiger partial charge on any atom is -0.337 e. The number of carbonyl (C=O) groups excluding carboxylic acids is 1. The minimum absolute atomic E-state index is 0.138. The third-order valence-electron chi connectivity index (χ3n) is 6.45. The minimum atomic E-state index is 0.138. The Bertz CT molecular complexity index is 842. The van der Waals surface area contributed by atoms with Gasteiger partial charge in [-0.2, -0.15) is 10.2 Å². The molecule has 7 nitrogen and oxygen atoms in total. The Morgan fingerprint density at radius 1 is 1.10 bits per heavy atom. The molecule has 1 amide bonds. The molecule has 2 aliphatic heterocycles. The van der Waals surface area contributed by atoms with Gasteiger partial charge in [0.05, 0.1) is 5.69 Å². The highest BCUT2D eigenvalue weighted by Crippen LogP contribution is 2.25. The van der Waals surface area contributed by atoms with Crippen LogP contribution in [0.1, 0.15) is 71.3 Å². The standard InChI is InChI=1S/C22H34N6O/c1-4-10-28-20-9-14-26(13-8-18-16(2)23-24-17(18)3)15-19(20)21(25-28)22(29)27-11-6-5-7-12-27/h4-15H2,1-3H3,(H,23,24). The number of fused-ring (bicyclic) bond motifs is 1. The van der Waals surface area contributed by atoms with Crippen molar-refractivity contribution in [3.63, 3.8) is 0 Å². The highest BCUT2D eigenvalue weighted by molar-refractivity contribution is 5.94. The van der Waals surface area contributed by atoms with Crippen molar-refractivity contribution in [2.24, 2.45) is 0 Å². The molecule has 2 aliphatic rings. The monoisotopic (exact) mass is 398 g/mol. The maximum Gasteiger partial charge on any atom is 0.274 e. The highest BCUT2D eigenvalue weighted by atomic mass is 16.2. The first-order chi connectivity index (χ1) is 14.1. The van der Waals surface area contributed by atoms with Crippen LogP contribution in [0.5, 0.6) is 0 Å².